The van der Waals surface area contributed by atoms with Crippen molar-refractivity contribution in [3.05, 3.63) is 60.2 Å². The smallest absolute Gasteiger partial charge is 0.204 e. The maximum absolute atomic E-state index is 6.15. The molecule has 0 spiro atoms. The van der Waals surface area contributed by atoms with Crippen molar-refractivity contribution in [3.8, 4) is 11.6 Å². The highest BCUT2D eigenvalue weighted by Gasteiger charge is 2.19. The molecule has 0 aliphatic carbocycles. The van der Waals surface area contributed by atoms with Crippen molar-refractivity contribution in [3.63, 3.8) is 0 Å². The zero-order valence-corrected chi connectivity index (χ0v) is 12.1. The van der Waals surface area contributed by atoms with Crippen molar-refractivity contribution in [1.82, 2.24) is 4.57 Å². The number of nitrogens with zero attached hydrogens (tertiary/aromatic N) is 1. The van der Waals surface area contributed by atoms with Gasteiger partial charge in [-0.3, -0.25) is 0 Å². The van der Waals surface area contributed by atoms with Crippen molar-refractivity contribution in [2.45, 2.75) is 19.8 Å². The fourth-order valence-electron chi connectivity index (χ4n) is 2.68. The van der Waals surface area contributed by atoms with Crippen LogP contribution in [0.4, 0.5) is 0 Å². The van der Waals surface area contributed by atoms with Gasteiger partial charge < -0.3 is 9.30 Å². The highest BCUT2D eigenvalue weighted by atomic mass is 16.5. The van der Waals surface area contributed by atoms with Crippen LogP contribution in [0.5, 0.6) is 11.6 Å². The van der Waals surface area contributed by atoms with Gasteiger partial charge in [0.05, 0.1) is 5.52 Å². The molecular formula is C18H19NO. The number of benzene rings is 2. The van der Waals surface area contributed by atoms with Gasteiger partial charge in [0, 0.05) is 18.0 Å². The highest BCUT2D eigenvalue weighted by molar-refractivity contribution is 5.87. The largest absolute Gasteiger partial charge is 0.441 e. The normalized spacial score (nSPS) is 11.2. The quantitative estimate of drug-likeness (QED) is 0.643. The fraction of sp³-hybridized carbons (Fsp3) is 0.222. The lowest BCUT2D eigenvalue weighted by Gasteiger charge is -2.11. The molecule has 102 valence electrons. The third-order valence-electron chi connectivity index (χ3n) is 3.63. The molecule has 0 saturated heterocycles. The first-order chi connectivity index (χ1) is 9.68. The van der Waals surface area contributed by atoms with Gasteiger partial charge in [-0.25, -0.2) is 0 Å². The van der Waals surface area contributed by atoms with Gasteiger partial charge in [-0.05, 0) is 24.1 Å². The van der Waals surface area contributed by atoms with E-state index in [4.69, 9.17) is 4.74 Å². The summed E-state index contributed by atoms with van der Waals surface area (Å²) in [6, 6.07) is 18.4. The molecule has 2 heteroatoms. The highest BCUT2D eigenvalue weighted by Crippen LogP contribution is 2.38. The summed E-state index contributed by atoms with van der Waals surface area (Å²) in [7, 11) is 2.06. The second-order valence-corrected chi connectivity index (χ2v) is 5.36. The molecular weight excluding hydrogens is 246 g/mol. The number of aryl methyl sites for hydroxylation is 1. The zero-order chi connectivity index (χ0) is 14.1. The van der Waals surface area contributed by atoms with E-state index in [9.17, 15) is 0 Å². The standard InChI is InChI=1S/C18H19NO/c1-13(2)17-15-11-7-8-12-16(15)19(3)18(17)20-14-9-5-4-6-10-14/h4-13H,1-3H3. The number of fused-ring (bicyclic) bond motifs is 1. The maximum Gasteiger partial charge on any atom is 0.204 e. The van der Waals surface area contributed by atoms with Crippen molar-refractivity contribution in [2.75, 3.05) is 0 Å². The number of hydrogen-bond acceptors (Lipinski definition) is 1. The minimum absolute atomic E-state index is 0.416. The van der Waals surface area contributed by atoms with Gasteiger partial charge >= 0.3 is 0 Å². The van der Waals surface area contributed by atoms with Gasteiger partial charge in [0.25, 0.3) is 0 Å². The molecule has 0 N–H and O–H groups in total. The SMILES string of the molecule is CC(C)c1c(Oc2ccccc2)n(C)c2ccccc12. The van der Waals surface area contributed by atoms with E-state index in [0.29, 0.717) is 5.92 Å². The molecule has 0 unspecified atom stereocenters. The van der Waals surface area contributed by atoms with Crippen LogP contribution in [0.25, 0.3) is 10.9 Å². The summed E-state index contributed by atoms with van der Waals surface area (Å²) in [6.07, 6.45) is 0. The summed E-state index contributed by atoms with van der Waals surface area (Å²) in [5, 5.41) is 1.27. The Morgan fingerprint density at radius 1 is 0.900 bits per heavy atom. The maximum atomic E-state index is 6.15. The van der Waals surface area contributed by atoms with E-state index < -0.39 is 0 Å². The minimum Gasteiger partial charge on any atom is -0.441 e. The molecule has 3 rings (SSSR count). The molecule has 2 nitrogen and oxygen atoms in total. The van der Waals surface area contributed by atoms with E-state index in [2.05, 4.69) is 49.7 Å². The average Bonchev–Trinajstić information content (AvgIpc) is 2.74. The van der Waals surface area contributed by atoms with Crippen LogP contribution < -0.4 is 4.74 Å². The first-order valence-corrected chi connectivity index (χ1v) is 6.98. The van der Waals surface area contributed by atoms with Crippen molar-refractivity contribution < 1.29 is 4.74 Å². The van der Waals surface area contributed by atoms with Crippen LogP contribution in [0, 0.1) is 0 Å². The number of aromatic nitrogens is 1. The monoisotopic (exact) mass is 265 g/mol. The molecule has 1 heterocycles. The molecule has 1 aromatic heterocycles. The van der Waals surface area contributed by atoms with Gasteiger partial charge in [0.2, 0.25) is 5.88 Å². The first-order valence-electron chi connectivity index (χ1n) is 6.98. The summed E-state index contributed by atoms with van der Waals surface area (Å²) in [5.74, 6) is 2.23. The third-order valence-corrected chi connectivity index (χ3v) is 3.63. The predicted molar refractivity (Wildman–Crippen MR) is 83.5 cm³/mol. The summed E-state index contributed by atoms with van der Waals surface area (Å²) in [4.78, 5) is 0. The lowest BCUT2D eigenvalue weighted by molar-refractivity contribution is 0.438. The number of ether oxygens (including phenoxy) is 1. The van der Waals surface area contributed by atoms with Gasteiger partial charge in [0.1, 0.15) is 5.75 Å². The molecule has 0 bridgehead atoms. The van der Waals surface area contributed by atoms with Crippen LogP contribution in [0.3, 0.4) is 0 Å². The van der Waals surface area contributed by atoms with Crippen LogP contribution in [-0.2, 0) is 7.05 Å². The van der Waals surface area contributed by atoms with E-state index in [0.717, 1.165) is 11.6 Å². The Morgan fingerprint density at radius 3 is 2.25 bits per heavy atom. The summed E-state index contributed by atoms with van der Waals surface area (Å²) < 4.78 is 8.29. The molecule has 0 amide bonds. The Hall–Kier alpha value is -2.22. The third kappa shape index (κ3) is 2.07. The van der Waals surface area contributed by atoms with E-state index in [1.54, 1.807) is 0 Å². The van der Waals surface area contributed by atoms with Crippen molar-refractivity contribution in [2.24, 2.45) is 7.05 Å². The Labute approximate surface area is 119 Å². The molecule has 3 aromatic rings. The minimum atomic E-state index is 0.416. The molecule has 2 aromatic carbocycles. The predicted octanol–water partition coefficient (Wildman–Crippen LogP) is 5.09. The van der Waals surface area contributed by atoms with Crippen LogP contribution in [0.15, 0.2) is 54.6 Å². The van der Waals surface area contributed by atoms with Gasteiger partial charge in [-0.1, -0.05) is 50.2 Å². The molecule has 0 aliphatic rings. The Kier molecular flexibility index (Phi) is 3.23. The number of hydrogen-bond donors (Lipinski definition) is 0. The van der Waals surface area contributed by atoms with Crippen LogP contribution >= 0.6 is 0 Å². The van der Waals surface area contributed by atoms with Gasteiger partial charge in [0.15, 0.2) is 0 Å². The fourth-order valence-corrected chi connectivity index (χ4v) is 2.68. The van der Waals surface area contributed by atoms with Crippen LogP contribution in [0.1, 0.15) is 25.3 Å². The Morgan fingerprint density at radius 2 is 1.55 bits per heavy atom. The molecule has 0 saturated carbocycles. The second kappa shape index (κ2) is 5.04. The topological polar surface area (TPSA) is 14.2 Å². The lowest BCUT2D eigenvalue weighted by atomic mass is 10.0. The summed E-state index contributed by atoms with van der Waals surface area (Å²) >= 11 is 0. The number of para-hydroxylation sites is 2. The van der Waals surface area contributed by atoms with E-state index >= 15 is 0 Å². The summed E-state index contributed by atoms with van der Waals surface area (Å²) in [6.45, 7) is 4.42. The van der Waals surface area contributed by atoms with E-state index in [1.165, 1.54) is 16.5 Å². The van der Waals surface area contributed by atoms with Crippen LogP contribution in [0.2, 0.25) is 0 Å². The van der Waals surface area contributed by atoms with Crippen molar-refractivity contribution >= 4 is 10.9 Å². The molecule has 0 atom stereocenters. The van der Waals surface area contributed by atoms with Crippen LogP contribution in [-0.4, -0.2) is 4.57 Å². The molecule has 0 fully saturated rings. The van der Waals surface area contributed by atoms with E-state index in [-0.39, 0.29) is 0 Å². The summed E-state index contributed by atoms with van der Waals surface area (Å²) in [5.41, 5.74) is 2.48. The molecule has 0 radical (unpaired) electrons. The van der Waals surface area contributed by atoms with Crippen molar-refractivity contribution in [1.29, 1.82) is 0 Å². The lowest BCUT2D eigenvalue weighted by Crippen LogP contribution is -1.96. The first kappa shape index (κ1) is 12.8. The zero-order valence-electron chi connectivity index (χ0n) is 12.1. The Bertz CT molecular complexity index is 726. The van der Waals surface area contributed by atoms with Gasteiger partial charge in [-0.15, -0.1) is 0 Å². The average molecular weight is 265 g/mol. The number of rotatable bonds is 3. The molecule has 0 aliphatic heterocycles. The second-order valence-electron chi connectivity index (χ2n) is 5.36. The van der Waals surface area contributed by atoms with Gasteiger partial charge in [-0.2, -0.15) is 0 Å². The molecule has 20 heavy (non-hydrogen) atoms. The Balaban J connectivity index is 2.19. The van der Waals surface area contributed by atoms with E-state index in [1.807, 2.05) is 30.3 Å².